The van der Waals surface area contributed by atoms with Crippen molar-refractivity contribution in [3.05, 3.63) is 59.2 Å². The van der Waals surface area contributed by atoms with Crippen LogP contribution in [0, 0.1) is 18.6 Å². The van der Waals surface area contributed by atoms with Gasteiger partial charge in [-0.1, -0.05) is 12.1 Å². The van der Waals surface area contributed by atoms with E-state index in [9.17, 15) is 13.6 Å². The third kappa shape index (κ3) is 2.09. The van der Waals surface area contributed by atoms with E-state index in [2.05, 4.69) is 0 Å². The number of hydrogen-bond acceptors (Lipinski definition) is 1. The van der Waals surface area contributed by atoms with Gasteiger partial charge in [0.15, 0.2) is 0 Å². The summed E-state index contributed by atoms with van der Waals surface area (Å²) in [7, 11) is 0. The van der Waals surface area contributed by atoms with E-state index in [1.54, 1.807) is 6.92 Å². The summed E-state index contributed by atoms with van der Waals surface area (Å²) in [4.78, 5) is 10.9. The van der Waals surface area contributed by atoms with Crippen molar-refractivity contribution in [2.24, 2.45) is 0 Å². The number of aromatic carboxylic acids is 1. The minimum Gasteiger partial charge on any atom is -0.478 e. The SMILES string of the molecule is Cc1ccc(C(=O)O)cc1-c1c(F)cccc1F. The maximum Gasteiger partial charge on any atom is 0.335 e. The highest BCUT2D eigenvalue weighted by Crippen LogP contribution is 2.29. The van der Waals surface area contributed by atoms with Crippen LogP contribution in [0.5, 0.6) is 0 Å². The van der Waals surface area contributed by atoms with Crippen molar-refractivity contribution < 1.29 is 18.7 Å². The van der Waals surface area contributed by atoms with Crippen LogP contribution >= 0.6 is 0 Å². The minimum atomic E-state index is -1.13. The van der Waals surface area contributed by atoms with Crippen LogP contribution in [0.3, 0.4) is 0 Å². The van der Waals surface area contributed by atoms with Crippen LogP contribution in [0.1, 0.15) is 15.9 Å². The van der Waals surface area contributed by atoms with Crippen molar-refractivity contribution in [3.8, 4) is 11.1 Å². The van der Waals surface area contributed by atoms with E-state index >= 15 is 0 Å². The lowest BCUT2D eigenvalue weighted by Gasteiger charge is -2.09. The van der Waals surface area contributed by atoms with Crippen LogP contribution in [0.2, 0.25) is 0 Å². The van der Waals surface area contributed by atoms with Crippen LogP contribution in [0.25, 0.3) is 11.1 Å². The first kappa shape index (κ1) is 12.2. The minimum absolute atomic E-state index is 0.00162. The normalized spacial score (nSPS) is 10.4. The van der Waals surface area contributed by atoms with Gasteiger partial charge in [0, 0.05) is 0 Å². The monoisotopic (exact) mass is 248 g/mol. The molecule has 2 nitrogen and oxygen atoms in total. The Balaban J connectivity index is 2.70. The fraction of sp³-hybridized carbons (Fsp3) is 0.0714. The number of hydrogen-bond donors (Lipinski definition) is 1. The lowest BCUT2D eigenvalue weighted by atomic mass is 9.97. The quantitative estimate of drug-likeness (QED) is 0.880. The molecule has 0 aliphatic carbocycles. The Bertz CT molecular complexity index is 601. The highest BCUT2D eigenvalue weighted by atomic mass is 19.1. The molecule has 0 aliphatic heterocycles. The lowest BCUT2D eigenvalue weighted by molar-refractivity contribution is 0.0697. The number of rotatable bonds is 2. The number of carbonyl (C=O) groups is 1. The van der Waals surface area contributed by atoms with E-state index < -0.39 is 17.6 Å². The van der Waals surface area contributed by atoms with E-state index in [-0.39, 0.29) is 16.7 Å². The van der Waals surface area contributed by atoms with E-state index in [1.807, 2.05) is 0 Å². The molecule has 0 unspecified atom stereocenters. The topological polar surface area (TPSA) is 37.3 Å². The lowest BCUT2D eigenvalue weighted by Crippen LogP contribution is -1.99. The Hall–Kier alpha value is -2.23. The standard InChI is InChI=1S/C14H10F2O2/c1-8-5-6-9(14(17)18)7-10(8)13-11(15)3-2-4-12(13)16/h2-7H,1H3,(H,17,18). The van der Waals surface area contributed by atoms with Gasteiger partial charge < -0.3 is 5.11 Å². The van der Waals surface area contributed by atoms with E-state index in [0.29, 0.717) is 5.56 Å². The van der Waals surface area contributed by atoms with Gasteiger partial charge in [-0.2, -0.15) is 0 Å². The summed E-state index contributed by atoms with van der Waals surface area (Å²) >= 11 is 0. The molecule has 0 spiro atoms. The fourth-order valence-corrected chi connectivity index (χ4v) is 1.78. The van der Waals surface area contributed by atoms with Crippen molar-refractivity contribution in [1.82, 2.24) is 0 Å². The molecule has 2 rings (SSSR count). The number of aryl methyl sites for hydroxylation is 1. The van der Waals surface area contributed by atoms with Crippen molar-refractivity contribution in [3.63, 3.8) is 0 Å². The highest BCUT2D eigenvalue weighted by Gasteiger charge is 2.15. The third-order valence-corrected chi connectivity index (χ3v) is 2.72. The second kappa shape index (κ2) is 4.56. The van der Waals surface area contributed by atoms with Crippen LogP contribution in [-0.2, 0) is 0 Å². The Kier molecular flexibility index (Phi) is 3.10. The van der Waals surface area contributed by atoms with Crippen molar-refractivity contribution >= 4 is 5.97 Å². The number of halogens is 2. The van der Waals surface area contributed by atoms with Gasteiger partial charge in [0.2, 0.25) is 0 Å². The Morgan fingerprint density at radius 2 is 1.72 bits per heavy atom. The largest absolute Gasteiger partial charge is 0.478 e. The fourth-order valence-electron chi connectivity index (χ4n) is 1.78. The van der Waals surface area contributed by atoms with Gasteiger partial charge in [-0.15, -0.1) is 0 Å². The number of benzene rings is 2. The number of carboxylic acids is 1. The molecule has 2 aromatic carbocycles. The molecule has 92 valence electrons. The first-order valence-electron chi connectivity index (χ1n) is 5.29. The van der Waals surface area contributed by atoms with Crippen LogP contribution in [0.15, 0.2) is 36.4 Å². The smallest absolute Gasteiger partial charge is 0.335 e. The first-order chi connectivity index (χ1) is 8.50. The molecule has 18 heavy (non-hydrogen) atoms. The van der Waals surface area contributed by atoms with Gasteiger partial charge in [-0.3, -0.25) is 0 Å². The molecule has 0 heterocycles. The Morgan fingerprint density at radius 3 is 2.28 bits per heavy atom. The summed E-state index contributed by atoms with van der Waals surface area (Å²) in [5.41, 5.74) is 0.672. The molecule has 0 fully saturated rings. The molecule has 2 aromatic rings. The molecule has 0 aromatic heterocycles. The van der Waals surface area contributed by atoms with Gasteiger partial charge >= 0.3 is 5.97 Å². The average Bonchev–Trinajstić information content (AvgIpc) is 2.30. The predicted octanol–water partition coefficient (Wildman–Crippen LogP) is 3.64. The van der Waals surface area contributed by atoms with E-state index in [1.165, 1.54) is 24.3 Å². The summed E-state index contributed by atoms with van der Waals surface area (Å²) in [5.74, 6) is -2.55. The average molecular weight is 248 g/mol. The molecule has 0 radical (unpaired) electrons. The van der Waals surface area contributed by atoms with Gasteiger partial charge in [0.05, 0.1) is 11.1 Å². The van der Waals surface area contributed by atoms with Crippen LogP contribution in [0.4, 0.5) is 8.78 Å². The molecule has 0 amide bonds. The second-order valence-corrected chi connectivity index (χ2v) is 3.93. The van der Waals surface area contributed by atoms with Crippen LogP contribution in [-0.4, -0.2) is 11.1 Å². The molecule has 0 atom stereocenters. The second-order valence-electron chi connectivity index (χ2n) is 3.93. The molecule has 0 saturated heterocycles. The maximum absolute atomic E-state index is 13.7. The summed E-state index contributed by atoms with van der Waals surface area (Å²) < 4.78 is 27.3. The van der Waals surface area contributed by atoms with Crippen molar-refractivity contribution in [2.75, 3.05) is 0 Å². The number of carboxylic acid groups (broad SMARTS) is 1. The van der Waals surface area contributed by atoms with E-state index in [0.717, 1.165) is 12.1 Å². The first-order valence-corrected chi connectivity index (χ1v) is 5.29. The molecule has 0 saturated carbocycles. The van der Waals surface area contributed by atoms with Crippen molar-refractivity contribution in [2.45, 2.75) is 6.92 Å². The zero-order valence-electron chi connectivity index (χ0n) is 9.58. The Morgan fingerprint density at radius 1 is 1.11 bits per heavy atom. The van der Waals surface area contributed by atoms with Crippen LogP contribution < -0.4 is 0 Å². The molecular weight excluding hydrogens is 238 g/mol. The van der Waals surface area contributed by atoms with E-state index in [4.69, 9.17) is 5.11 Å². The summed E-state index contributed by atoms with van der Waals surface area (Å²) in [6.45, 7) is 1.67. The Labute approximate surface area is 103 Å². The summed E-state index contributed by atoms with van der Waals surface area (Å²) in [6.07, 6.45) is 0. The third-order valence-electron chi connectivity index (χ3n) is 2.72. The molecule has 1 N–H and O–H groups in total. The molecule has 4 heteroatoms. The van der Waals surface area contributed by atoms with Crippen molar-refractivity contribution in [1.29, 1.82) is 0 Å². The van der Waals surface area contributed by atoms with Gasteiger partial charge in [-0.25, -0.2) is 13.6 Å². The van der Waals surface area contributed by atoms with Gasteiger partial charge in [0.25, 0.3) is 0 Å². The zero-order chi connectivity index (χ0) is 13.3. The predicted molar refractivity (Wildman–Crippen MR) is 63.5 cm³/mol. The van der Waals surface area contributed by atoms with Gasteiger partial charge in [0.1, 0.15) is 11.6 Å². The summed E-state index contributed by atoms with van der Waals surface area (Å²) in [5, 5.41) is 8.90. The highest BCUT2D eigenvalue weighted by molar-refractivity contribution is 5.90. The van der Waals surface area contributed by atoms with Gasteiger partial charge in [-0.05, 0) is 42.3 Å². The molecule has 0 aliphatic rings. The maximum atomic E-state index is 13.7. The summed E-state index contributed by atoms with van der Waals surface area (Å²) in [6, 6.07) is 7.77. The molecular formula is C14H10F2O2. The zero-order valence-corrected chi connectivity index (χ0v) is 9.58. The molecule has 0 bridgehead atoms.